The van der Waals surface area contributed by atoms with Crippen molar-refractivity contribution in [1.29, 1.82) is 0 Å². The molecule has 1 N–H and O–H groups in total. The minimum atomic E-state index is 0. The molecule has 0 unspecified atom stereocenters. The minimum Gasteiger partial charge on any atom is -1.00 e. The molecule has 3 aromatic rings. The number of nitrogens with one attached hydrogen (secondary N) is 1. The molecule has 0 aliphatic carbocycles. The SMILES string of the molecule is Clc1cccc(Nc2ncnc3ccccc23)c1Cl.[Cl-]. The first-order valence-corrected chi connectivity index (χ1v) is 6.42. The maximum absolute atomic E-state index is 6.16. The normalized spacial score (nSPS) is 10.1. The van der Waals surface area contributed by atoms with E-state index in [-0.39, 0.29) is 12.4 Å². The quantitative estimate of drug-likeness (QED) is 0.779. The number of nitrogens with zero attached hydrogens (tertiary/aromatic N) is 2. The van der Waals surface area contributed by atoms with Crippen LogP contribution in [0.5, 0.6) is 0 Å². The van der Waals surface area contributed by atoms with Crippen LogP contribution in [0.1, 0.15) is 0 Å². The Kier molecular flexibility index (Phi) is 4.65. The number of aromatic nitrogens is 2. The predicted molar refractivity (Wildman–Crippen MR) is 79.3 cm³/mol. The van der Waals surface area contributed by atoms with Gasteiger partial charge in [-0.15, -0.1) is 0 Å². The van der Waals surface area contributed by atoms with Gasteiger partial charge in [-0.2, -0.15) is 0 Å². The average molecular weight is 326 g/mol. The molecular weight excluding hydrogens is 317 g/mol. The molecule has 20 heavy (non-hydrogen) atoms. The Balaban J connectivity index is 0.00000147. The van der Waals surface area contributed by atoms with Crippen LogP contribution in [0.4, 0.5) is 11.5 Å². The molecule has 1 heterocycles. The molecule has 0 bridgehead atoms. The Hall–Kier alpha value is -1.55. The van der Waals surface area contributed by atoms with Gasteiger partial charge in [-0.3, -0.25) is 0 Å². The van der Waals surface area contributed by atoms with Gasteiger partial charge in [-0.05, 0) is 24.3 Å². The number of halogens is 3. The molecule has 0 aliphatic heterocycles. The molecular formula is C14H9Cl3N3-. The van der Waals surface area contributed by atoms with Crippen LogP contribution < -0.4 is 17.7 Å². The highest BCUT2D eigenvalue weighted by Gasteiger charge is 2.07. The van der Waals surface area contributed by atoms with Gasteiger partial charge >= 0.3 is 0 Å². The molecule has 3 rings (SSSR count). The van der Waals surface area contributed by atoms with Crippen molar-refractivity contribution in [2.75, 3.05) is 5.32 Å². The van der Waals surface area contributed by atoms with E-state index in [1.807, 2.05) is 36.4 Å². The lowest BCUT2D eigenvalue weighted by molar-refractivity contribution is -0.00000365. The second-order valence-electron chi connectivity index (χ2n) is 3.97. The van der Waals surface area contributed by atoms with E-state index in [1.165, 1.54) is 6.33 Å². The van der Waals surface area contributed by atoms with Crippen LogP contribution in [-0.2, 0) is 0 Å². The first-order chi connectivity index (χ1) is 9.25. The molecule has 6 heteroatoms. The monoisotopic (exact) mass is 324 g/mol. The first kappa shape index (κ1) is 14.9. The fourth-order valence-corrected chi connectivity index (χ4v) is 2.18. The molecule has 1 aromatic heterocycles. The van der Waals surface area contributed by atoms with Crippen LogP contribution in [0.25, 0.3) is 10.9 Å². The molecule has 0 amide bonds. The molecule has 3 nitrogen and oxygen atoms in total. The molecule has 2 aromatic carbocycles. The van der Waals surface area contributed by atoms with Crippen molar-refractivity contribution >= 4 is 45.6 Å². The molecule has 102 valence electrons. The summed E-state index contributed by atoms with van der Waals surface area (Å²) in [6.45, 7) is 0. The Morgan fingerprint density at radius 2 is 1.70 bits per heavy atom. The Morgan fingerprint density at radius 3 is 2.55 bits per heavy atom. The smallest absolute Gasteiger partial charge is 0.141 e. The molecule has 0 saturated heterocycles. The number of hydrogen-bond donors (Lipinski definition) is 1. The largest absolute Gasteiger partial charge is 1.00 e. The zero-order chi connectivity index (χ0) is 13.2. The van der Waals surface area contributed by atoms with Gasteiger partial charge in [-0.25, -0.2) is 9.97 Å². The minimum absolute atomic E-state index is 0. The summed E-state index contributed by atoms with van der Waals surface area (Å²) in [5, 5.41) is 5.10. The van der Waals surface area contributed by atoms with Crippen molar-refractivity contribution in [2.24, 2.45) is 0 Å². The summed E-state index contributed by atoms with van der Waals surface area (Å²) in [5.41, 5.74) is 1.59. The molecule has 0 spiro atoms. The van der Waals surface area contributed by atoms with E-state index >= 15 is 0 Å². The average Bonchev–Trinajstić information content (AvgIpc) is 2.44. The number of hydrogen-bond acceptors (Lipinski definition) is 3. The van der Waals surface area contributed by atoms with Crippen LogP contribution in [0.15, 0.2) is 48.8 Å². The third-order valence-electron chi connectivity index (χ3n) is 2.75. The molecule has 0 aliphatic rings. The van der Waals surface area contributed by atoms with Crippen LogP contribution >= 0.6 is 23.2 Å². The fourth-order valence-electron chi connectivity index (χ4n) is 1.83. The topological polar surface area (TPSA) is 37.8 Å². The number of para-hydroxylation sites is 1. The summed E-state index contributed by atoms with van der Waals surface area (Å²) in [6.07, 6.45) is 1.52. The Bertz CT molecular complexity index is 741. The van der Waals surface area contributed by atoms with Crippen molar-refractivity contribution in [1.82, 2.24) is 9.97 Å². The van der Waals surface area contributed by atoms with E-state index in [9.17, 15) is 0 Å². The standard InChI is InChI=1S/C14H9Cl2N3.ClH/c15-10-5-3-7-12(13(10)16)19-14-9-4-1-2-6-11(9)17-8-18-14;/h1-8H,(H,17,18,19);1H/p-1. The van der Waals surface area contributed by atoms with Crippen LogP contribution in [-0.4, -0.2) is 9.97 Å². The van der Waals surface area contributed by atoms with Crippen molar-refractivity contribution in [3.8, 4) is 0 Å². The maximum Gasteiger partial charge on any atom is 0.141 e. The molecule has 0 atom stereocenters. The van der Waals surface area contributed by atoms with Crippen molar-refractivity contribution in [3.63, 3.8) is 0 Å². The van der Waals surface area contributed by atoms with E-state index in [4.69, 9.17) is 23.2 Å². The Labute approximate surface area is 132 Å². The highest BCUT2D eigenvalue weighted by atomic mass is 35.5. The van der Waals surface area contributed by atoms with Gasteiger partial charge in [-0.1, -0.05) is 41.4 Å². The van der Waals surface area contributed by atoms with Gasteiger partial charge in [0.1, 0.15) is 12.1 Å². The van der Waals surface area contributed by atoms with E-state index in [0.29, 0.717) is 15.9 Å². The summed E-state index contributed by atoms with van der Waals surface area (Å²) < 4.78 is 0. The number of fused-ring (bicyclic) bond motifs is 1. The maximum atomic E-state index is 6.16. The summed E-state index contributed by atoms with van der Waals surface area (Å²) in [6, 6.07) is 13.2. The van der Waals surface area contributed by atoms with Crippen LogP contribution in [0, 0.1) is 0 Å². The second-order valence-corrected chi connectivity index (χ2v) is 4.75. The lowest BCUT2D eigenvalue weighted by Crippen LogP contribution is -3.00. The zero-order valence-electron chi connectivity index (χ0n) is 10.1. The summed E-state index contributed by atoms with van der Waals surface area (Å²) >= 11 is 12.2. The van der Waals surface area contributed by atoms with Crippen molar-refractivity contribution < 1.29 is 12.4 Å². The first-order valence-electron chi connectivity index (χ1n) is 5.66. The fraction of sp³-hybridized carbons (Fsp3) is 0. The lowest BCUT2D eigenvalue weighted by Gasteiger charge is -2.10. The Morgan fingerprint density at radius 1 is 0.900 bits per heavy atom. The highest BCUT2D eigenvalue weighted by Crippen LogP contribution is 2.32. The van der Waals surface area contributed by atoms with Gasteiger partial charge in [0, 0.05) is 5.39 Å². The summed E-state index contributed by atoms with van der Waals surface area (Å²) in [5.74, 6) is 0.703. The van der Waals surface area contributed by atoms with E-state index < -0.39 is 0 Å². The number of anilines is 2. The van der Waals surface area contributed by atoms with Crippen LogP contribution in [0.3, 0.4) is 0 Å². The van der Waals surface area contributed by atoms with E-state index in [0.717, 1.165) is 16.6 Å². The molecule has 0 saturated carbocycles. The second kappa shape index (κ2) is 6.27. The molecule has 0 fully saturated rings. The highest BCUT2D eigenvalue weighted by molar-refractivity contribution is 6.43. The van der Waals surface area contributed by atoms with Gasteiger partial charge in [0.25, 0.3) is 0 Å². The van der Waals surface area contributed by atoms with Gasteiger partial charge in [0.2, 0.25) is 0 Å². The third-order valence-corrected chi connectivity index (χ3v) is 3.57. The van der Waals surface area contributed by atoms with Crippen molar-refractivity contribution in [3.05, 3.63) is 58.8 Å². The van der Waals surface area contributed by atoms with E-state index in [2.05, 4.69) is 15.3 Å². The molecule has 0 radical (unpaired) electrons. The number of benzene rings is 2. The third kappa shape index (κ3) is 2.80. The zero-order valence-corrected chi connectivity index (χ0v) is 12.4. The summed E-state index contributed by atoms with van der Waals surface area (Å²) in [4.78, 5) is 8.46. The predicted octanol–water partition coefficient (Wildman–Crippen LogP) is 1.68. The van der Waals surface area contributed by atoms with Gasteiger partial charge < -0.3 is 17.7 Å². The lowest BCUT2D eigenvalue weighted by atomic mass is 10.2. The van der Waals surface area contributed by atoms with Gasteiger partial charge in [0.15, 0.2) is 0 Å². The van der Waals surface area contributed by atoms with E-state index in [1.54, 1.807) is 6.07 Å². The van der Waals surface area contributed by atoms with Gasteiger partial charge in [0.05, 0.1) is 21.2 Å². The van der Waals surface area contributed by atoms with Crippen molar-refractivity contribution in [2.45, 2.75) is 0 Å². The number of rotatable bonds is 2. The summed E-state index contributed by atoms with van der Waals surface area (Å²) in [7, 11) is 0. The van der Waals surface area contributed by atoms with Crippen LogP contribution in [0.2, 0.25) is 10.0 Å².